The van der Waals surface area contributed by atoms with Gasteiger partial charge in [-0.25, -0.2) is 4.79 Å². The summed E-state index contributed by atoms with van der Waals surface area (Å²) in [6.07, 6.45) is 15.9. The molecule has 10 saturated carbocycles. The molecule has 10 aliphatic carbocycles. The molecule has 10 bridgehead atoms. The third-order valence-electron chi connectivity index (χ3n) is 18.6. The minimum Gasteiger partial charge on any atom is -0.459 e. The average molecular weight is 894 g/mol. The van der Waals surface area contributed by atoms with Gasteiger partial charge in [-0.05, 0) is 188 Å². The highest BCUT2D eigenvalue weighted by atomic mass is 16.6. The lowest BCUT2D eigenvalue weighted by molar-refractivity contribution is -0.225. The highest BCUT2D eigenvalue weighted by molar-refractivity contribution is 5.85. The molecule has 12 heteroatoms. The van der Waals surface area contributed by atoms with Crippen LogP contribution in [0.3, 0.4) is 0 Å². The number of rotatable bonds is 12. The van der Waals surface area contributed by atoms with Gasteiger partial charge in [0.05, 0.1) is 27.9 Å². The van der Waals surface area contributed by atoms with E-state index < -0.39 is 58.6 Å². The highest BCUT2D eigenvalue weighted by Crippen LogP contribution is 2.65. The predicted molar refractivity (Wildman–Crippen MR) is 236 cm³/mol. The van der Waals surface area contributed by atoms with Crippen LogP contribution in [0.25, 0.3) is 0 Å². The number of ether oxygens (including phenoxy) is 5. The Morgan fingerprint density at radius 2 is 1.20 bits per heavy atom. The van der Waals surface area contributed by atoms with Crippen molar-refractivity contribution in [2.24, 2.45) is 68.5 Å². The van der Waals surface area contributed by atoms with Gasteiger partial charge in [0, 0.05) is 23.7 Å². The largest absolute Gasteiger partial charge is 0.459 e. The number of fused-ring (bicyclic) bond motifs is 1. The van der Waals surface area contributed by atoms with Gasteiger partial charge in [-0.1, -0.05) is 20.8 Å². The minimum absolute atomic E-state index is 0.00857. The van der Waals surface area contributed by atoms with Crippen molar-refractivity contribution in [2.75, 3.05) is 6.61 Å². The molecule has 11 aliphatic rings. The molecule has 1 saturated heterocycles. The Labute approximate surface area is 382 Å². The Morgan fingerprint density at radius 1 is 0.703 bits per heavy atom. The minimum atomic E-state index is -1.06. The zero-order valence-electron chi connectivity index (χ0n) is 40.9. The molecular formula is C52H79NO11. The zero-order valence-corrected chi connectivity index (χ0v) is 40.9. The van der Waals surface area contributed by atoms with Crippen molar-refractivity contribution in [1.29, 1.82) is 5.26 Å². The first-order valence-corrected chi connectivity index (χ1v) is 24.9. The van der Waals surface area contributed by atoms with Gasteiger partial charge in [0.1, 0.15) is 23.4 Å². The second-order valence-electron chi connectivity index (χ2n) is 24.9. The number of nitrogens with zero attached hydrogens (tertiary/aromatic N) is 1. The van der Waals surface area contributed by atoms with Crippen LogP contribution in [0.15, 0.2) is 0 Å². The number of aliphatic hydroxyl groups is 1. The van der Waals surface area contributed by atoms with Gasteiger partial charge in [-0.2, -0.15) is 5.26 Å². The quantitative estimate of drug-likeness (QED) is 0.145. The van der Waals surface area contributed by atoms with Crippen LogP contribution >= 0.6 is 0 Å². The van der Waals surface area contributed by atoms with E-state index in [1.807, 2.05) is 41.5 Å². The van der Waals surface area contributed by atoms with Crippen LogP contribution in [0.1, 0.15) is 185 Å². The van der Waals surface area contributed by atoms with Crippen LogP contribution in [0.2, 0.25) is 0 Å². The van der Waals surface area contributed by atoms with Crippen molar-refractivity contribution in [3.63, 3.8) is 0 Å². The van der Waals surface area contributed by atoms with Crippen LogP contribution in [0.4, 0.5) is 0 Å². The van der Waals surface area contributed by atoms with Gasteiger partial charge in [0.2, 0.25) is 0 Å². The van der Waals surface area contributed by atoms with Crippen LogP contribution in [-0.2, 0) is 47.7 Å². The molecule has 1 aliphatic heterocycles. The normalized spacial score (nSPS) is 39.4. The highest BCUT2D eigenvalue weighted by Gasteiger charge is 2.72. The Kier molecular flexibility index (Phi) is 12.8. The molecule has 11 fully saturated rings. The molecule has 7 unspecified atom stereocenters. The van der Waals surface area contributed by atoms with E-state index in [4.69, 9.17) is 23.7 Å². The number of carbonyl (C=O) groups is 5. The molecule has 1 N–H and O–H groups in total. The van der Waals surface area contributed by atoms with Gasteiger partial charge in [0.15, 0.2) is 12.0 Å². The fourth-order valence-electron chi connectivity index (χ4n) is 14.1. The van der Waals surface area contributed by atoms with Crippen molar-refractivity contribution in [3.05, 3.63) is 0 Å². The van der Waals surface area contributed by atoms with E-state index in [1.54, 1.807) is 13.8 Å². The molecule has 0 amide bonds. The molecule has 7 atom stereocenters. The lowest BCUT2D eigenvalue weighted by Crippen LogP contribution is -2.61. The molecule has 0 aromatic carbocycles. The maximum atomic E-state index is 12.6. The Bertz CT molecular complexity index is 1840. The molecular weight excluding hydrogens is 815 g/mol. The van der Waals surface area contributed by atoms with E-state index in [2.05, 4.69) is 26.8 Å². The van der Waals surface area contributed by atoms with Crippen LogP contribution in [-0.4, -0.2) is 70.6 Å². The predicted octanol–water partition coefficient (Wildman–Crippen LogP) is 9.36. The smallest absolute Gasteiger partial charge is 0.344 e. The molecule has 11 rings (SSSR count). The maximum absolute atomic E-state index is 12.6. The maximum Gasteiger partial charge on any atom is 0.344 e. The Morgan fingerprint density at radius 3 is 1.70 bits per heavy atom. The van der Waals surface area contributed by atoms with Crippen LogP contribution in [0.5, 0.6) is 0 Å². The monoisotopic (exact) mass is 894 g/mol. The summed E-state index contributed by atoms with van der Waals surface area (Å²) in [6.45, 7) is 21.3. The molecule has 0 aromatic heterocycles. The fourth-order valence-corrected chi connectivity index (χ4v) is 14.1. The van der Waals surface area contributed by atoms with E-state index in [9.17, 15) is 34.3 Å². The van der Waals surface area contributed by atoms with Gasteiger partial charge < -0.3 is 28.8 Å². The number of carbonyl (C=O) groups excluding carboxylic acids is 5. The molecule has 1 heterocycles. The van der Waals surface area contributed by atoms with Crippen LogP contribution in [0, 0.1) is 79.8 Å². The summed E-state index contributed by atoms with van der Waals surface area (Å²) in [6, 6.07) is 2.10. The van der Waals surface area contributed by atoms with E-state index in [0.717, 1.165) is 56.3 Å². The van der Waals surface area contributed by atoms with Gasteiger partial charge >= 0.3 is 29.8 Å². The molecule has 64 heavy (non-hydrogen) atoms. The first-order valence-electron chi connectivity index (χ1n) is 24.9. The SMILES string of the molecule is CCC(C)(C)C(=O)OC(C)(C)C12CC3CC(CC(C3)C1)C2.CCC(C)(C)C(=O)OC12CC3CC(CC(O)(C3)C1)C2.CCC(C)(C)C(=O)OCC(=O)OC1C2CC3C1OC(=O)C3(C#N)C2. The fraction of sp³-hybridized carbons (Fsp3) is 0.885. The van der Waals surface area contributed by atoms with Gasteiger partial charge in [-0.15, -0.1) is 0 Å². The molecule has 0 radical (unpaired) electrons. The van der Waals surface area contributed by atoms with E-state index >= 15 is 0 Å². The van der Waals surface area contributed by atoms with Crippen molar-refractivity contribution in [1.82, 2.24) is 0 Å². The topological polar surface area (TPSA) is 176 Å². The van der Waals surface area contributed by atoms with E-state index in [1.165, 1.54) is 44.9 Å². The van der Waals surface area contributed by atoms with Crippen molar-refractivity contribution in [3.8, 4) is 6.07 Å². The Hall–Kier alpha value is -3.20. The number of nitriles is 1. The van der Waals surface area contributed by atoms with Crippen molar-refractivity contribution in [2.45, 2.75) is 214 Å². The van der Waals surface area contributed by atoms with Gasteiger partial charge in [-0.3, -0.25) is 19.2 Å². The number of hydrogen-bond acceptors (Lipinski definition) is 12. The van der Waals surface area contributed by atoms with E-state index in [-0.39, 0.29) is 45.8 Å². The summed E-state index contributed by atoms with van der Waals surface area (Å²) in [4.78, 5) is 60.8. The summed E-state index contributed by atoms with van der Waals surface area (Å²) >= 11 is 0. The molecule has 0 spiro atoms. The zero-order chi connectivity index (χ0) is 47.1. The third-order valence-corrected chi connectivity index (χ3v) is 18.6. The molecule has 358 valence electrons. The van der Waals surface area contributed by atoms with Gasteiger partial charge in [0.25, 0.3) is 0 Å². The lowest BCUT2D eigenvalue weighted by Gasteiger charge is -2.61. The Balaban J connectivity index is 0.000000145. The lowest BCUT2D eigenvalue weighted by atomic mass is 9.46. The first-order chi connectivity index (χ1) is 29.7. The summed E-state index contributed by atoms with van der Waals surface area (Å²) in [7, 11) is 0. The number of esters is 5. The van der Waals surface area contributed by atoms with Crippen LogP contribution < -0.4 is 0 Å². The van der Waals surface area contributed by atoms with E-state index in [0.29, 0.717) is 37.5 Å². The average Bonchev–Trinajstić information content (AvgIpc) is 3.81. The van der Waals surface area contributed by atoms with Crippen molar-refractivity contribution >= 4 is 29.8 Å². The second-order valence-corrected chi connectivity index (χ2v) is 24.9. The second kappa shape index (κ2) is 16.8. The molecule has 0 aromatic rings. The van der Waals surface area contributed by atoms with Crippen molar-refractivity contribution < 1.29 is 52.8 Å². The molecule has 12 nitrogen and oxygen atoms in total. The standard InChI is InChI=1S/C19H32O2.C17H21NO6.C16H26O3/c1-6-17(2,3)16(20)21-18(4,5)19-10-13-7-14(11-19)9-15(8-13)12-19;1-4-16(2,3)14(20)22-7-11(19)23-12-9-5-10-13(12)24-15(21)17(10,6-9)8-18;1-4-14(2,3)13(17)19-16-8-11-5-12(9-16)7-15(18,6-11)10-16/h13-15H,6-12H2,1-5H3;9-10,12-13H,4-7H2,1-3H3;11-12,18H,4-10H2,1-3H3. The first kappa shape index (κ1) is 48.7. The summed E-state index contributed by atoms with van der Waals surface area (Å²) in [5, 5.41) is 20.0. The third kappa shape index (κ3) is 8.87. The summed E-state index contributed by atoms with van der Waals surface area (Å²) in [5.74, 6) is 1.84. The summed E-state index contributed by atoms with van der Waals surface area (Å²) < 4.78 is 27.8. The summed E-state index contributed by atoms with van der Waals surface area (Å²) in [5.41, 5.74) is -3.46. The number of hydrogen-bond donors (Lipinski definition) is 1.